The summed E-state index contributed by atoms with van der Waals surface area (Å²) in [6.45, 7) is 12.1. The Bertz CT molecular complexity index is 136. The first-order chi connectivity index (χ1) is 5.30. The molecule has 0 aromatic carbocycles. The van der Waals surface area contributed by atoms with E-state index in [0.29, 0.717) is 0 Å². The summed E-state index contributed by atoms with van der Waals surface area (Å²) in [6.07, 6.45) is 5.59. The fourth-order valence-electron chi connectivity index (χ4n) is 0.988. The van der Waals surface area contributed by atoms with Gasteiger partial charge in [-0.3, -0.25) is 0 Å². The normalized spacial score (nSPS) is 15.4. The van der Waals surface area contributed by atoms with Crippen molar-refractivity contribution in [2.24, 2.45) is 0 Å². The van der Waals surface area contributed by atoms with Gasteiger partial charge in [0.2, 0.25) is 0 Å². The van der Waals surface area contributed by atoms with Gasteiger partial charge in [-0.15, -0.1) is 0 Å². The third-order valence-electron chi connectivity index (χ3n) is 1.60. The van der Waals surface area contributed by atoms with Crippen LogP contribution in [-0.2, 0) is 0 Å². The summed E-state index contributed by atoms with van der Waals surface area (Å²) in [6, 6.07) is 0. The molecule has 0 radical (unpaired) electrons. The first-order valence-corrected chi connectivity index (χ1v) is 4.36. The van der Waals surface area contributed by atoms with E-state index < -0.39 is 0 Å². The van der Waals surface area contributed by atoms with Gasteiger partial charge in [-0.05, 0) is 13.3 Å². The lowest BCUT2D eigenvalue weighted by atomic mass is 10.2. The van der Waals surface area contributed by atoms with Gasteiger partial charge in [0.1, 0.15) is 0 Å². The summed E-state index contributed by atoms with van der Waals surface area (Å²) in [7, 11) is 0. The van der Waals surface area contributed by atoms with Gasteiger partial charge < -0.3 is 4.90 Å². The number of hydrogen-bond donors (Lipinski definition) is 0. The molecule has 0 aromatic heterocycles. The lowest BCUT2D eigenvalue weighted by Crippen LogP contribution is -2.24. The molecule has 1 aliphatic heterocycles. The number of rotatable bonds is 1. The van der Waals surface area contributed by atoms with Crippen LogP contribution in [-0.4, -0.2) is 18.0 Å². The maximum absolute atomic E-state index is 3.87. The quantitative estimate of drug-likeness (QED) is 0.524. The van der Waals surface area contributed by atoms with Crippen LogP contribution in [0.25, 0.3) is 0 Å². The van der Waals surface area contributed by atoms with Crippen LogP contribution in [0.2, 0.25) is 0 Å². The van der Waals surface area contributed by atoms with E-state index in [-0.39, 0.29) is 0 Å². The molecule has 0 saturated heterocycles. The summed E-state index contributed by atoms with van der Waals surface area (Å²) >= 11 is 0. The molecule has 1 aliphatic rings. The largest absolute Gasteiger partial charge is 0.371 e. The maximum atomic E-state index is 3.87. The molecule has 64 valence electrons. The Hall–Kier alpha value is -0.720. The van der Waals surface area contributed by atoms with Gasteiger partial charge in [-0.25, -0.2) is 0 Å². The lowest BCUT2D eigenvalue weighted by molar-refractivity contribution is 0.377. The Morgan fingerprint density at radius 1 is 1.36 bits per heavy atom. The molecule has 0 fully saturated rings. The molecule has 0 aromatic rings. The van der Waals surface area contributed by atoms with Crippen molar-refractivity contribution in [2.45, 2.75) is 27.2 Å². The van der Waals surface area contributed by atoms with Gasteiger partial charge in [0.25, 0.3) is 0 Å². The monoisotopic (exact) mass is 153 g/mol. The Morgan fingerprint density at radius 2 is 2.00 bits per heavy atom. The smallest absolute Gasteiger partial charge is 0.0356 e. The van der Waals surface area contributed by atoms with E-state index >= 15 is 0 Å². The highest BCUT2D eigenvalue weighted by molar-refractivity contribution is 4.99. The second-order valence-corrected chi connectivity index (χ2v) is 2.44. The molecular weight excluding hydrogens is 134 g/mol. The number of nitrogens with zero attached hydrogens (tertiary/aromatic N) is 1. The number of allylic oxidation sites excluding steroid dienone is 1. The number of hydrogen-bond acceptors (Lipinski definition) is 1. The van der Waals surface area contributed by atoms with Crippen molar-refractivity contribution in [1.82, 2.24) is 4.90 Å². The highest BCUT2D eigenvalue weighted by Gasteiger charge is 2.02. The van der Waals surface area contributed by atoms with Crippen molar-refractivity contribution in [3.05, 3.63) is 24.4 Å². The molecule has 0 amide bonds. The van der Waals surface area contributed by atoms with Crippen LogP contribution in [0.3, 0.4) is 0 Å². The molecule has 11 heavy (non-hydrogen) atoms. The molecule has 0 atom stereocenters. The standard InChI is InChI=1S/C8H13N.C2H6/c1-8(2)9-6-4-3-5-7-9;1-2/h3-4H,1,5-7H2,2H3;1-2H3. The summed E-state index contributed by atoms with van der Waals surface area (Å²) in [4.78, 5) is 2.28. The van der Waals surface area contributed by atoms with Crippen LogP contribution in [0, 0.1) is 0 Å². The van der Waals surface area contributed by atoms with Gasteiger partial charge in [-0.1, -0.05) is 32.6 Å². The molecule has 0 saturated carbocycles. The third-order valence-corrected chi connectivity index (χ3v) is 1.60. The summed E-state index contributed by atoms with van der Waals surface area (Å²) in [5, 5.41) is 0. The minimum absolute atomic E-state index is 1.05. The van der Waals surface area contributed by atoms with Gasteiger partial charge >= 0.3 is 0 Å². The third kappa shape index (κ3) is 3.87. The Kier molecular flexibility index (Phi) is 5.63. The molecule has 0 aliphatic carbocycles. The minimum Gasteiger partial charge on any atom is -0.371 e. The van der Waals surface area contributed by atoms with E-state index in [9.17, 15) is 0 Å². The van der Waals surface area contributed by atoms with E-state index in [4.69, 9.17) is 0 Å². The van der Waals surface area contributed by atoms with E-state index in [1.165, 1.54) is 12.1 Å². The van der Waals surface area contributed by atoms with Crippen molar-refractivity contribution < 1.29 is 0 Å². The Labute approximate surface area is 70.4 Å². The second kappa shape index (κ2) is 6.02. The van der Waals surface area contributed by atoms with Gasteiger partial charge in [-0.2, -0.15) is 0 Å². The molecule has 0 unspecified atom stereocenters. The summed E-state index contributed by atoms with van der Waals surface area (Å²) in [5.74, 6) is 0. The Morgan fingerprint density at radius 3 is 2.27 bits per heavy atom. The van der Waals surface area contributed by atoms with Crippen molar-refractivity contribution in [3.8, 4) is 0 Å². The molecule has 1 rings (SSSR count). The fraction of sp³-hybridized carbons (Fsp3) is 0.600. The SMILES string of the molecule is C=C(C)N1CC=CCC1.CC. The first-order valence-electron chi connectivity index (χ1n) is 4.36. The van der Waals surface area contributed by atoms with Crippen molar-refractivity contribution in [2.75, 3.05) is 13.1 Å². The fourth-order valence-corrected chi connectivity index (χ4v) is 0.988. The van der Waals surface area contributed by atoms with E-state index in [1.54, 1.807) is 0 Å². The highest BCUT2D eigenvalue weighted by Crippen LogP contribution is 2.06. The molecular formula is C10H19N. The first kappa shape index (κ1) is 10.3. The van der Waals surface area contributed by atoms with Crippen molar-refractivity contribution in [3.63, 3.8) is 0 Å². The van der Waals surface area contributed by atoms with Crippen LogP contribution in [0.15, 0.2) is 24.4 Å². The minimum atomic E-state index is 1.05. The van der Waals surface area contributed by atoms with Crippen LogP contribution >= 0.6 is 0 Å². The van der Waals surface area contributed by atoms with Gasteiger partial charge in [0.05, 0.1) is 0 Å². The van der Waals surface area contributed by atoms with Crippen molar-refractivity contribution in [1.29, 1.82) is 0 Å². The van der Waals surface area contributed by atoms with Crippen LogP contribution < -0.4 is 0 Å². The molecule has 0 N–H and O–H groups in total. The van der Waals surface area contributed by atoms with E-state index in [0.717, 1.165) is 13.1 Å². The van der Waals surface area contributed by atoms with Crippen LogP contribution in [0.4, 0.5) is 0 Å². The summed E-state index contributed by atoms with van der Waals surface area (Å²) < 4.78 is 0. The molecule has 1 nitrogen and oxygen atoms in total. The van der Waals surface area contributed by atoms with Gasteiger partial charge in [0, 0.05) is 18.8 Å². The zero-order valence-corrected chi connectivity index (χ0v) is 7.93. The van der Waals surface area contributed by atoms with Crippen LogP contribution in [0.1, 0.15) is 27.2 Å². The molecule has 0 spiro atoms. The van der Waals surface area contributed by atoms with E-state index in [2.05, 4.69) is 30.6 Å². The zero-order chi connectivity index (χ0) is 8.69. The molecule has 1 heterocycles. The second-order valence-electron chi connectivity index (χ2n) is 2.44. The van der Waals surface area contributed by atoms with Gasteiger partial charge in [0.15, 0.2) is 0 Å². The molecule has 1 heteroatoms. The lowest BCUT2D eigenvalue weighted by Gasteiger charge is -2.24. The maximum Gasteiger partial charge on any atom is 0.0356 e. The van der Waals surface area contributed by atoms with E-state index in [1.807, 2.05) is 13.8 Å². The topological polar surface area (TPSA) is 3.24 Å². The average molecular weight is 153 g/mol. The van der Waals surface area contributed by atoms with Crippen molar-refractivity contribution >= 4 is 0 Å². The van der Waals surface area contributed by atoms with Crippen LogP contribution in [0.5, 0.6) is 0 Å². The molecule has 0 bridgehead atoms. The predicted molar refractivity (Wildman–Crippen MR) is 51.5 cm³/mol. The zero-order valence-electron chi connectivity index (χ0n) is 7.93. The average Bonchev–Trinajstić information content (AvgIpc) is 2.10. The Balaban J connectivity index is 0.000000461. The predicted octanol–water partition coefficient (Wildman–Crippen LogP) is 2.81. The highest BCUT2D eigenvalue weighted by atomic mass is 15.1. The summed E-state index contributed by atoms with van der Waals surface area (Å²) in [5.41, 5.74) is 1.18.